The highest BCUT2D eigenvalue weighted by Crippen LogP contribution is 2.19. The Morgan fingerprint density at radius 3 is 2.30 bits per heavy atom. The molecule has 0 aliphatic heterocycles. The summed E-state index contributed by atoms with van der Waals surface area (Å²) in [6.07, 6.45) is 0.0409. The number of rotatable bonds is 7. The van der Waals surface area contributed by atoms with Crippen molar-refractivity contribution in [2.75, 3.05) is 11.9 Å². The normalized spacial score (nSPS) is 10.5. The van der Waals surface area contributed by atoms with Gasteiger partial charge in [-0.25, -0.2) is 4.68 Å². The molecule has 1 aromatic heterocycles. The Balaban J connectivity index is 1.60. The average Bonchev–Trinajstić information content (AvgIpc) is 3.01. The molecule has 3 rings (SSSR count). The number of amides is 1. The monoisotopic (exact) mass is 405 g/mol. The summed E-state index contributed by atoms with van der Waals surface area (Å²) in [6, 6.07) is 16.1. The summed E-state index contributed by atoms with van der Waals surface area (Å²) in [6.45, 7) is 4.81. The molecule has 2 aromatic carbocycles. The first-order valence-electron chi connectivity index (χ1n) is 9.52. The van der Waals surface area contributed by atoms with Gasteiger partial charge < -0.3 is 10.1 Å². The summed E-state index contributed by atoms with van der Waals surface area (Å²) < 4.78 is 6.98. The van der Waals surface area contributed by atoms with Crippen LogP contribution in [0, 0.1) is 13.8 Å². The quantitative estimate of drug-likeness (QED) is 0.480. The highest BCUT2D eigenvalue weighted by molar-refractivity contribution is 5.98. The van der Waals surface area contributed by atoms with Gasteiger partial charge in [0, 0.05) is 29.4 Å². The van der Waals surface area contributed by atoms with Crippen molar-refractivity contribution < 1.29 is 19.1 Å². The van der Waals surface area contributed by atoms with Crippen molar-refractivity contribution in [1.82, 2.24) is 9.78 Å². The third-order valence-corrected chi connectivity index (χ3v) is 4.65. The number of carbonyl (C=O) groups is 3. The molecule has 1 heterocycles. The number of anilines is 1. The molecule has 0 spiro atoms. The third kappa shape index (κ3) is 5.00. The average molecular weight is 405 g/mol. The summed E-state index contributed by atoms with van der Waals surface area (Å²) in [5.41, 5.74) is 4.30. The molecule has 30 heavy (non-hydrogen) atoms. The molecule has 0 aliphatic carbocycles. The molecule has 7 heteroatoms. The van der Waals surface area contributed by atoms with Crippen molar-refractivity contribution in [2.24, 2.45) is 0 Å². The summed E-state index contributed by atoms with van der Waals surface area (Å²) >= 11 is 0. The fourth-order valence-corrected chi connectivity index (χ4v) is 3.12. The first-order chi connectivity index (χ1) is 14.3. The lowest BCUT2D eigenvalue weighted by atomic mass is 10.1. The van der Waals surface area contributed by atoms with Crippen LogP contribution in [-0.2, 0) is 20.7 Å². The summed E-state index contributed by atoms with van der Waals surface area (Å²) in [4.78, 5) is 35.6. The number of Topliss-reactive ketones (excluding diaryl/α,β-unsaturated/α-hetero) is 1. The molecule has 154 valence electrons. The van der Waals surface area contributed by atoms with E-state index < -0.39 is 5.97 Å². The maximum Gasteiger partial charge on any atom is 0.310 e. The third-order valence-electron chi connectivity index (χ3n) is 4.65. The Hall–Kier alpha value is -3.74. The van der Waals surface area contributed by atoms with E-state index in [1.165, 1.54) is 6.92 Å². The standard InChI is InChI=1S/C23H23N3O4/c1-15-21(16(2)26(25-15)20-7-5-4-6-8-20)13-23(29)30-14-22(28)18-9-11-19(12-10-18)24-17(3)27/h4-12H,13-14H2,1-3H3,(H,24,27). The van der Waals surface area contributed by atoms with Crippen molar-refractivity contribution in [3.63, 3.8) is 0 Å². The molecule has 1 amide bonds. The highest BCUT2D eigenvalue weighted by Gasteiger charge is 2.18. The van der Waals surface area contributed by atoms with Crippen LogP contribution in [0.4, 0.5) is 5.69 Å². The number of esters is 1. The van der Waals surface area contributed by atoms with E-state index >= 15 is 0 Å². The van der Waals surface area contributed by atoms with Gasteiger partial charge in [-0.2, -0.15) is 5.10 Å². The van der Waals surface area contributed by atoms with Gasteiger partial charge in [0.05, 0.1) is 17.8 Å². The van der Waals surface area contributed by atoms with Gasteiger partial charge >= 0.3 is 5.97 Å². The fourth-order valence-electron chi connectivity index (χ4n) is 3.12. The smallest absolute Gasteiger partial charge is 0.310 e. The second kappa shape index (κ2) is 9.17. The molecular formula is C23H23N3O4. The number of nitrogens with one attached hydrogen (secondary N) is 1. The molecular weight excluding hydrogens is 382 g/mol. The van der Waals surface area contributed by atoms with Gasteiger partial charge in [0.2, 0.25) is 5.91 Å². The van der Waals surface area contributed by atoms with E-state index in [4.69, 9.17) is 4.74 Å². The van der Waals surface area contributed by atoms with Gasteiger partial charge in [-0.3, -0.25) is 14.4 Å². The van der Waals surface area contributed by atoms with Crippen molar-refractivity contribution in [1.29, 1.82) is 0 Å². The number of benzene rings is 2. The first kappa shape index (κ1) is 21.0. The van der Waals surface area contributed by atoms with Crippen LogP contribution in [-0.4, -0.2) is 34.0 Å². The number of hydrogen-bond donors (Lipinski definition) is 1. The Morgan fingerprint density at radius 2 is 1.67 bits per heavy atom. The predicted molar refractivity (Wildman–Crippen MR) is 113 cm³/mol. The number of hydrogen-bond acceptors (Lipinski definition) is 5. The minimum atomic E-state index is -0.489. The fraction of sp³-hybridized carbons (Fsp3) is 0.217. The number of carbonyl (C=O) groups excluding carboxylic acids is 3. The molecule has 7 nitrogen and oxygen atoms in total. The van der Waals surface area contributed by atoms with Crippen molar-refractivity contribution >= 4 is 23.3 Å². The number of aryl methyl sites for hydroxylation is 1. The Morgan fingerprint density at radius 1 is 1.00 bits per heavy atom. The van der Waals surface area contributed by atoms with Crippen molar-refractivity contribution in [3.8, 4) is 5.69 Å². The van der Waals surface area contributed by atoms with Gasteiger partial charge in [-0.15, -0.1) is 0 Å². The molecule has 0 saturated heterocycles. The molecule has 0 fully saturated rings. The lowest BCUT2D eigenvalue weighted by Crippen LogP contribution is -2.16. The Bertz CT molecular complexity index is 1070. The van der Waals surface area contributed by atoms with Crippen LogP contribution in [0.25, 0.3) is 5.69 Å². The second-order valence-corrected chi connectivity index (χ2v) is 6.92. The van der Waals surface area contributed by atoms with Crippen LogP contribution in [0.5, 0.6) is 0 Å². The van der Waals surface area contributed by atoms with Crippen LogP contribution in [0.1, 0.15) is 34.2 Å². The number of ether oxygens (including phenoxy) is 1. The van der Waals surface area contributed by atoms with Crippen molar-refractivity contribution in [2.45, 2.75) is 27.2 Å². The van der Waals surface area contributed by atoms with Crippen molar-refractivity contribution in [3.05, 3.63) is 77.1 Å². The minimum Gasteiger partial charge on any atom is -0.457 e. The Labute approximate surface area is 174 Å². The summed E-state index contributed by atoms with van der Waals surface area (Å²) in [7, 11) is 0. The molecule has 0 radical (unpaired) electrons. The van der Waals surface area contributed by atoms with E-state index in [-0.39, 0.29) is 24.7 Å². The predicted octanol–water partition coefficient (Wildman–Crippen LogP) is 3.42. The molecule has 1 N–H and O–H groups in total. The summed E-state index contributed by atoms with van der Waals surface area (Å²) in [5, 5.41) is 7.15. The van der Waals surface area contributed by atoms with Crippen LogP contribution in [0.3, 0.4) is 0 Å². The second-order valence-electron chi connectivity index (χ2n) is 6.92. The molecule has 0 unspecified atom stereocenters. The van der Waals surface area contributed by atoms with E-state index in [1.54, 1.807) is 28.9 Å². The lowest BCUT2D eigenvalue weighted by molar-refractivity contribution is -0.141. The zero-order valence-electron chi connectivity index (χ0n) is 17.1. The Kier molecular flexibility index (Phi) is 6.41. The van der Waals surface area contributed by atoms with E-state index in [1.807, 2.05) is 44.2 Å². The van der Waals surface area contributed by atoms with Crippen LogP contribution >= 0.6 is 0 Å². The number of ketones is 1. The maximum absolute atomic E-state index is 12.3. The zero-order valence-corrected chi connectivity index (χ0v) is 17.1. The molecule has 0 atom stereocenters. The van der Waals surface area contributed by atoms with Gasteiger partial charge in [0.1, 0.15) is 0 Å². The van der Waals surface area contributed by atoms with Gasteiger partial charge in [-0.1, -0.05) is 18.2 Å². The van der Waals surface area contributed by atoms with Crippen LogP contribution in [0.2, 0.25) is 0 Å². The molecule has 0 saturated carbocycles. The maximum atomic E-state index is 12.3. The minimum absolute atomic E-state index is 0.0409. The van der Waals surface area contributed by atoms with Gasteiger partial charge in [0.15, 0.2) is 12.4 Å². The first-order valence-corrected chi connectivity index (χ1v) is 9.52. The number of nitrogens with zero attached hydrogens (tertiary/aromatic N) is 2. The van der Waals surface area contributed by atoms with E-state index in [0.29, 0.717) is 11.3 Å². The SMILES string of the molecule is CC(=O)Nc1ccc(C(=O)COC(=O)Cc2c(C)nn(-c3ccccc3)c2C)cc1. The van der Waals surface area contributed by atoms with Gasteiger partial charge in [0.25, 0.3) is 0 Å². The largest absolute Gasteiger partial charge is 0.457 e. The molecule has 3 aromatic rings. The topological polar surface area (TPSA) is 90.3 Å². The van der Waals surface area contributed by atoms with E-state index in [9.17, 15) is 14.4 Å². The van der Waals surface area contributed by atoms with E-state index in [0.717, 1.165) is 22.6 Å². The zero-order chi connectivity index (χ0) is 21.7. The van der Waals surface area contributed by atoms with E-state index in [2.05, 4.69) is 10.4 Å². The molecule has 0 aliphatic rings. The lowest BCUT2D eigenvalue weighted by Gasteiger charge is -2.07. The van der Waals surface area contributed by atoms with Gasteiger partial charge in [-0.05, 0) is 50.2 Å². The van der Waals surface area contributed by atoms with Crippen LogP contribution < -0.4 is 5.32 Å². The number of para-hydroxylation sites is 1. The molecule has 0 bridgehead atoms. The summed E-state index contributed by atoms with van der Waals surface area (Å²) in [5.74, 6) is -0.993. The van der Waals surface area contributed by atoms with Crippen LogP contribution in [0.15, 0.2) is 54.6 Å². The number of aromatic nitrogens is 2. The highest BCUT2D eigenvalue weighted by atomic mass is 16.5.